The molecule has 2 amide bonds. The molecule has 4 rings (SSSR count). The molecule has 1 saturated carbocycles. The van der Waals surface area contributed by atoms with Crippen LogP contribution >= 0.6 is 0 Å². The standard InChI is InChI=1S/C16H17N5O2/c1-23-15-6-14(19-9-20-15)21-13(8-18-16(21)22)12-7-17-5-4-11(12)10-2-3-10/h4-7,9-10,13H,2-3,8H2,1H3,(H,18,22). The largest absolute Gasteiger partial charge is 0.481 e. The molecule has 2 aromatic rings. The molecule has 118 valence electrons. The number of anilines is 1. The first-order valence-corrected chi connectivity index (χ1v) is 7.65. The highest BCUT2D eigenvalue weighted by molar-refractivity contribution is 5.94. The molecule has 1 N–H and O–H groups in total. The molecule has 0 spiro atoms. The summed E-state index contributed by atoms with van der Waals surface area (Å²) in [7, 11) is 1.54. The highest BCUT2D eigenvalue weighted by Crippen LogP contribution is 2.44. The van der Waals surface area contributed by atoms with Gasteiger partial charge in [-0.25, -0.2) is 14.8 Å². The van der Waals surface area contributed by atoms with Crippen molar-refractivity contribution in [3.05, 3.63) is 42.0 Å². The molecule has 0 aromatic carbocycles. The minimum Gasteiger partial charge on any atom is -0.481 e. The molecule has 1 saturated heterocycles. The van der Waals surface area contributed by atoms with Crippen LogP contribution in [0.15, 0.2) is 30.9 Å². The van der Waals surface area contributed by atoms with Gasteiger partial charge in [0.15, 0.2) is 0 Å². The monoisotopic (exact) mass is 311 g/mol. The van der Waals surface area contributed by atoms with Crippen LogP contribution in [0.3, 0.4) is 0 Å². The third-order valence-electron chi connectivity index (χ3n) is 4.32. The zero-order chi connectivity index (χ0) is 15.8. The van der Waals surface area contributed by atoms with E-state index in [1.807, 2.05) is 12.4 Å². The minimum absolute atomic E-state index is 0.119. The molecular formula is C16H17N5O2. The highest BCUT2D eigenvalue weighted by atomic mass is 16.5. The van der Waals surface area contributed by atoms with Gasteiger partial charge in [-0.15, -0.1) is 0 Å². The Balaban J connectivity index is 1.74. The molecule has 3 heterocycles. The van der Waals surface area contributed by atoms with Gasteiger partial charge in [-0.05, 0) is 36.0 Å². The predicted molar refractivity (Wildman–Crippen MR) is 83.4 cm³/mol. The Bertz CT molecular complexity index is 747. The molecular weight excluding hydrogens is 294 g/mol. The number of nitrogens with one attached hydrogen (secondary N) is 1. The van der Waals surface area contributed by atoms with Gasteiger partial charge < -0.3 is 10.1 Å². The molecule has 1 atom stereocenters. The number of rotatable bonds is 4. The number of aromatic nitrogens is 3. The van der Waals surface area contributed by atoms with Crippen LogP contribution in [0.4, 0.5) is 10.6 Å². The Hall–Kier alpha value is -2.70. The zero-order valence-corrected chi connectivity index (χ0v) is 12.8. The summed E-state index contributed by atoms with van der Waals surface area (Å²) in [6.07, 6.45) is 7.49. The molecule has 0 radical (unpaired) electrons. The zero-order valence-electron chi connectivity index (χ0n) is 12.8. The van der Waals surface area contributed by atoms with Gasteiger partial charge in [-0.1, -0.05) is 0 Å². The van der Waals surface area contributed by atoms with Gasteiger partial charge in [0.25, 0.3) is 0 Å². The Kier molecular flexibility index (Phi) is 3.33. The fourth-order valence-electron chi connectivity index (χ4n) is 3.05. The maximum Gasteiger partial charge on any atom is 0.323 e. The van der Waals surface area contributed by atoms with Crippen molar-refractivity contribution in [3.8, 4) is 5.88 Å². The Morgan fingerprint density at radius 1 is 1.30 bits per heavy atom. The second-order valence-electron chi connectivity index (χ2n) is 5.77. The molecule has 1 unspecified atom stereocenters. The summed E-state index contributed by atoms with van der Waals surface area (Å²) in [4.78, 5) is 26.5. The normalized spacial score (nSPS) is 20.5. The van der Waals surface area contributed by atoms with Crippen molar-refractivity contribution in [2.75, 3.05) is 18.6 Å². The lowest BCUT2D eigenvalue weighted by Crippen LogP contribution is -2.31. The summed E-state index contributed by atoms with van der Waals surface area (Å²) in [6.45, 7) is 0.538. The van der Waals surface area contributed by atoms with Crippen molar-refractivity contribution in [3.63, 3.8) is 0 Å². The van der Waals surface area contributed by atoms with E-state index in [4.69, 9.17) is 4.74 Å². The third-order valence-corrected chi connectivity index (χ3v) is 4.32. The van der Waals surface area contributed by atoms with Crippen molar-refractivity contribution < 1.29 is 9.53 Å². The van der Waals surface area contributed by atoms with E-state index >= 15 is 0 Å². The molecule has 0 bridgehead atoms. The van der Waals surface area contributed by atoms with Crippen LogP contribution in [0.5, 0.6) is 5.88 Å². The molecule has 2 aliphatic rings. The molecule has 7 heteroatoms. The molecule has 23 heavy (non-hydrogen) atoms. The summed E-state index contributed by atoms with van der Waals surface area (Å²) >= 11 is 0. The van der Waals surface area contributed by atoms with Gasteiger partial charge >= 0.3 is 6.03 Å². The van der Waals surface area contributed by atoms with Crippen molar-refractivity contribution in [1.82, 2.24) is 20.3 Å². The summed E-state index contributed by atoms with van der Waals surface area (Å²) in [5.41, 5.74) is 2.37. The number of carbonyl (C=O) groups excluding carboxylic acids is 1. The van der Waals surface area contributed by atoms with Crippen LogP contribution in [0.1, 0.15) is 35.9 Å². The highest BCUT2D eigenvalue weighted by Gasteiger charge is 2.38. The van der Waals surface area contributed by atoms with E-state index in [1.54, 1.807) is 18.1 Å². The Morgan fingerprint density at radius 2 is 2.17 bits per heavy atom. The van der Waals surface area contributed by atoms with Crippen molar-refractivity contribution in [2.24, 2.45) is 0 Å². The number of urea groups is 1. The predicted octanol–water partition coefficient (Wildman–Crippen LogP) is 2.03. The molecule has 2 fully saturated rings. The van der Waals surface area contributed by atoms with E-state index in [0.29, 0.717) is 24.2 Å². The van der Waals surface area contributed by atoms with Crippen LogP contribution in [0.25, 0.3) is 0 Å². The summed E-state index contributed by atoms with van der Waals surface area (Å²) < 4.78 is 5.14. The quantitative estimate of drug-likeness (QED) is 0.934. The fraction of sp³-hybridized carbons (Fsp3) is 0.375. The second-order valence-corrected chi connectivity index (χ2v) is 5.77. The number of methoxy groups -OCH3 is 1. The molecule has 1 aliphatic heterocycles. The number of hydrogen-bond donors (Lipinski definition) is 1. The van der Waals surface area contributed by atoms with Crippen LogP contribution in [0.2, 0.25) is 0 Å². The van der Waals surface area contributed by atoms with Crippen molar-refractivity contribution >= 4 is 11.8 Å². The maximum absolute atomic E-state index is 12.3. The lowest BCUT2D eigenvalue weighted by molar-refractivity contribution is 0.251. The molecule has 2 aromatic heterocycles. The van der Waals surface area contributed by atoms with Gasteiger partial charge in [0.1, 0.15) is 12.1 Å². The maximum atomic E-state index is 12.3. The number of ether oxygens (including phenoxy) is 1. The summed E-state index contributed by atoms with van der Waals surface area (Å²) in [6, 6.07) is 3.45. The lowest BCUT2D eigenvalue weighted by Gasteiger charge is -2.24. The van der Waals surface area contributed by atoms with E-state index in [9.17, 15) is 4.79 Å². The number of nitrogens with zero attached hydrogens (tertiary/aromatic N) is 4. The van der Waals surface area contributed by atoms with Gasteiger partial charge in [0.2, 0.25) is 5.88 Å². The number of hydrogen-bond acceptors (Lipinski definition) is 5. The van der Waals surface area contributed by atoms with E-state index in [1.165, 1.54) is 24.7 Å². The second kappa shape index (κ2) is 5.49. The Morgan fingerprint density at radius 3 is 2.96 bits per heavy atom. The topological polar surface area (TPSA) is 80.2 Å². The summed E-state index contributed by atoms with van der Waals surface area (Å²) in [5.74, 6) is 1.55. The Labute approximate surface area is 133 Å². The summed E-state index contributed by atoms with van der Waals surface area (Å²) in [5, 5.41) is 2.90. The van der Waals surface area contributed by atoms with E-state index in [-0.39, 0.29) is 12.1 Å². The minimum atomic E-state index is -0.165. The molecule has 1 aliphatic carbocycles. The van der Waals surface area contributed by atoms with Gasteiger partial charge in [0, 0.05) is 25.0 Å². The first kappa shape index (κ1) is 13.9. The number of pyridine rings is 1. The van der Waals surface area contributed by atoms with Crippen LogP contribution in [0, 0.1) is 0 Å². The van der Waals surface area contributed by atoms with E-state index in [2.05, 4.69) is 26.3 Å². The molecule has 7 nitrogen and oxygen atoms in total. The SMILES string of the molecule is COc1cc(N2C(=O)NCC2c2cnccc2C2CC2)ncn1. The van der Waals surface area contributed by atoms with Crippen LogP contribution < -0.4 is 15.0 Å². The van der Waals surface area contributed by atoms with E-state index < -0.39 is 0 Å². The number of carbonyl (C=O) groups is 1. The van der Waals surface area contributed by atoms with Crippen molar-refractivity contribution in [1.29, 1.82) is 0 Å². The fourth-order valence-corrected chi connectivity index (χ4v) is 3.05. The number of amides is 2. The third kappa shape index (κ3) is 2.48. The van der Waals surface area contributed by atoms with Crippen molar-refractivity contribution in [2.45, 2.75) is 24.8 Å². The average Bonchev–Trinajstić information content (AvgIpc) is 3.37. The average molecular weight is 311 g/mol. The van der Waals surface area contributed by atoms with Gasteiger partial charge in [-0.2, -0.15) is 0 Å². The first-order chi connectivity index (χ1) is 11.3. The van der Waals surface area contributed by atoms with Crippen LogP contribution in [-0.2, 0) is 0 Å². The van der Waals surface area contributed by atoms with E-state index in [0.717, 1.165) is 5.56 Å². The van der Waals surface area contributed by atoms with Crippen LogP contribution in [-0.4, -0.2) is 34.6 Å². The lowest BCUT2D eigenvalue weighted by atomic mass is 9.99. The van der Waals surface area contributed by atoms with Gasteiger partial charge in [-0.3, -0.25) is 9.88 Å². The smallest absolute Gasteiger partial charge is 0.323 e. The van der Waals surface area contributed by atoms with Gasteiger partial charge in [0.05, 0.1) is 13.2 Å². The first-order valence-electron chi connectivity index (χ1n) is 7.65.